The molecule has 0 radical (unpaired) electrons. The van der Waals surface area contributed by atoms with E-state index in [0.29, 0.717) is 0 Å². The molecule has 1 heterocycles. The minimum absolute atomic E-state index is 0.116. The van der Waals surface area contributed by atoms with Crippen LogP contribution in [0.4, 0.5) is 0 Å². The van der Waals surface area contributed by atoms with E-state index in [1.807, 2.05) is 6.07 Å². The first kappa shape index (κ1) is 13.0. The molecule has 0 spiro atoms. The van der Waals surface area contributed by atoms with Crippen LogP contribution >= 0.6 is 0 Å². The van der Waals surface area contributed by atoms with Gasteiger partial charge >= 0.3 is 0 Å². The average Bonchev–Trinajstić information content (AvgIpc) is 2.23. The van der Waals surface area contributed by atoms with Crippen LogP contribution in [0, 0.1) is 0 Å². The molecule has 0 aliphatic carbocycles. The van der Waals surface area contributed by atoms with Crippen LogP contribution in [0.3, 0.4) is 0 Å². The average molecular weight is 222 g/mol. The Hall–Kier alpha value is -1.09. The zero-order chi connectivity index (χ0) is 12.0. The molecule has 3 nitrogen and oxygen atoms in total. The summed E-state index contributed by atoms with van der Waals surface area (Å²) in [7, 11) is 0. The second-order valence-electron chi connectivity index (χ2n) is 4.94. The lowest BCUT2D eigenvalue weighted by Gasteiger charge is -2.21. The highest BCUT2D eigenvalue weighted by Crippen LogP contribution is 2.17. The van der Waals surface area contributed by atoms with Crippen LogP contribution in [0.15, 0.2) is 18.5 Å². The first-order chi connectivity index (χ1) is 7.53. The number of pyridine rings is 1. The van der Waals surface area contributed by atoms with Crippen molar-refractivity contribution in [2.75, 3.05) is 6.61 Å². The van der Waals surface area contributed by atoms with Crippen molar-refractivity contribution in [3.8, 4) is 5.75 Å². The molecule has 16 heavy (non-hydrogen) atoms. The summed E-state index contributed by atoms with van der Waals surface area (Å²) in [6.07, 6.45) is 4.61. The summed E-state index contributed by atoms with van der Waals surface area (Å²) >= 11 is 0. The second-order valence-corrected chi connectivity index (χ2v) is 4.94. The molecule has 1 rings (SSSR count). The van der Waals surface area contributed by atoms with E-state index in [9.17, 15) is 0 Å². The van der Waals surface area contributed by atoms with Gasteiger partial charge in [-0.3, -0.25) is 4.98 Å². The minimum Gasteiger partial charge on any atom is -0.492 e. The molecule has 1 aromatic rings. The summed E-state index contributed by atoms with van der Waals surface area (Å²) in [4.78, 5) is 4.09. The van der Waals surface area contributed by atoms with Crippen molar-refractivity contribution >= 4 is 0 Å². The highest BCUT2D eigenvalue weighted by atomic mass is 16.5. The van der Waals surface area contributed by atoms with E-state index >= 15 is 0 Å². The Bertz CT molecular complexity index is 318. The van der Waals surface area contributed by atoms with E-state index in [0.717, 1.165) is 25.3 Å². The smallest absolute Gasteiger partial charge is 0.142 e. The van der Waals surface area contributed by atoms with Gasteiger partial charge in [-0.25, -0.2) is 0 Å². The van der Waals surface area contributed by atoms with Gasteiger partial charge in [-0.2, -0.15) is 0 Å². The molecule has 0 fully saturated rings. The summed E-state index contributed by atoms with van der Waals surface area (Å²) in [6, 6.07) is 2.00. The number of hydrogen-bond acceptors (Lipinski definition) is 3. The lowest BCUT2D eigenvalue weighted by Crippen LogP contribution is -2.35. The van der Waals surface area contributed by atoms with Gasteiger partial charge in [0.2, 0.25) is 0 Å². The van der Waals surface area contributed by atoms with Crippen LogP contribution < -0.4 is 10.1 Å². The van der Waals surface area contributed by atoms with Gasteiger partial charge in [0.1, 0.15) is 5.75 Å². The molecule has 0 aromatic carbocycles. The minimum atomic E-state index is 0.116. The molecule has 0 saturated carbocycles. The van der Waals surface area contributed by atoms with Gasteiger partial charge in [0.15, 0.2) is 0 Å². The van der Waals surface area contributed by atoms with Gasteiger partial charge in [-0.15, -0.1) is 0 Å². The molecule has 0 amide bonds. The normalized spacial score (nSPS) is 11.5. The summed E-state index contributed by atoms with van der Waals surface area (Å²) in [6.45, 7) is 10.1. The van der Waals surface area contributed by atoms with Crippen molar-refractivity contribution in [1.29, 1.82) is 0 Å². The monoisotopic (exact) mass is 222 g/mol. The standard InChI is InChI=1S/C13H22N2O/c1-5-8-16-12-10-14-7-6-11(12)9-15-13(2,3)4/h6-7,10,15H,5,8-9H2,1-4H3. The van der Waals surface area contributed by atoms with Crippen molar-refractivity contribution in [3.05, 3.63) is 24.0 Å². The molecular weight excluding hydrogens is 200 g/mol. The highest BCUT2D eigenvalue weighted by Gasteiger charge is 2.10. The zero-order valence-electron chi connectivity index (χ0n) is 10.7. The van der Waals surface area contributed by atoms with Crippen LogP contribution in [-0.4, -0.2) is 17.1 Å². The Morgan fingerprint density at radius 1 is 1.38 bits per heavy atom. The highest BCUT2D eigenvalue weighted by molar-refractivity contribution is 5.29. The van der Waals surface area contributed by atoms with Gasteiger partial charge in [-0.1, -0.05) is 6.92 Å². The Morgan fingerprint density at radius 2 is 2.12 bits per heavy atom. The summed E-state index contributed by atoms with van der Waals surface area (Å²) in [5.74, 6) is 0.890. The van der Waals surface area contributed by atoms with Crippen LogP contribution in [0.25, 0.3) is 0 Å². The fraction of sp³-hybridized carbons (Fsp3) is 0.615. The molecule has 0 unspecified atom stereocenters. The van der Waals surface area contributed by atoms with Gasteiger partial charge in [0.05, 0.1) is 12.8 Å². The molecule has 0 bridgehead atoms. The number of aromatic nitrogens is 1. The third-order valence-electron chi connectivity index (χ3n) is 2.14. The van der Waals surface area contributed by atoms with E-state index in [4.69, 9.17) is 4.74 Å². The molecule has 0 saturated heterocycles. The molecule has 0 aliphatic rings. The number of rotatable bonds is 5. The van der Waals surface area contributed by atoms with E-state index < -0.39 is 0 Å². The SMILES string of the molecule is CCCOc1cnccc1CNC(C)(C)C. The topological polar surface area (TPSA) is 34.1 Å². The number of nitrogens with zero attached hydrogens (tertiary/aromatic N) is 1. The molecule has 1 N–H and O–H groups in total. The molecule has 0 atom stereocenters. The Labute approximate surface area is 98.2 Å². The second kappa shape index (κ2) is 5.85. The maximum atomic E-state index is 5.65. The third kappa shape index (κ3) is 4.62. The number of hydrogen-bond donors (Lipinski definition) is 1. The molecule has 0 aliphatic heterocycles. The first-order valence-electron chi connectivity index (χ1n) is 5.83. The third-order valence-corrected chi connectivity index (χ3v) is 2.14. The van der Waals surface area contributed by atoms with Crippen LogP contribution in [0.1, 0.15) is 39.7 Å². The quantitative estimate of drug-likeness (QED) is 0.831. The molecule has 3 heteroatoms. The maximum absolute atomic E-state index is 5.65. The van der Waals surface area contributed by atoms with E-state index in [-0.39, 0.29) is 5.54 Å². The van der Waals surface area contributed by atoms with Crippen molar-refractivity contribution in [2.24, 2.45) is 0 Å². The lowest BCUT2D eigenvalue weighted by molar-refractivity contribution is 0.310. The maximum Gasteiger partial charge on any atom is 0.142 e. The largest absolute Gasteiger partial charge is 0.492 e. The fourth-order valence-corrected chi connectivity index (χ4v) is 1.26. The number of ether oxygens (including phenoxy) is 1. The van der Waals surface area contributed by atoms with Gasteiger partial charge in [-0.05, 0) is 33.3 Å². The summed E-state index contributed by atoms with van der Waals surface area (Å²) in [5, 5.41) is 3.45. The summed E-state index contributed by atoms with van der Waals surface area (Å²) < 4.78 is 5.65. The molecule has 1 aromatic heterocycles. The lowest BCUT2D eigenvalue weighted by atomic mass is 10.1. The zero-order valence-corrected chi connectivity index (χ0v) is 10.7. The van der Waals surface area contributed by atoms with Crippen LogP contribution in [0.2, 0.25) is 0 Å². The van der Waals surface area contributed by atoms with Crippen molar-refractivity contribution in [3.63, 3.8) is 0 Å². The predicted molar refractivity (Wildman–Crippen MR) is 66.6 cm³/mol. The Balaban J connectivity index is 2.63. The molecular formula is C13H22N2O. The summed E-state index contributed by atoms with van der Waals surface area (Å²) in [5.41, 5.74) is 1.28. The first-order valence-corrected chi connectivity index (χ1v) is 5.83. The van der Waals surface area contributed by atoms with E-state index in [2.05, 4.69) is 38.0 Å². The van der Waals surface area contributed by atoms with E-state index in [1.54, 1.807) is 12.4 Å². The molecule has 90 valence electrons. The number of nitrogens with one attached hydrogen (secondary N) is 1. The fourth-order valence-electron chi connectivity index (χ4n) is 1.26. The Morgan fingerprint density at radius 3 is 2.75 bits per heavy atom. The van der Waals surface area contributed by atoms with Gasteiger partial charge in [0, 0.05) is 23.8 Å². The van der Waals surface area contributed by atoms with Gasteiger partial charge in [0.25, 0.3) is 0 Å². The van der Waals surface area contributed by atoms with Crippen LogP contribution in [-0.2, 0) is 6.54 Å². The predicted octanol–water partition coefficient (Wildman–Crippen LogP) is 2.76. The van der Waals surface area contributed by atoms with E-state index in [1.165, 1.54) is 5.56 Å². The van der Waals surface area contributed by atoms with Gasteiger partial charge < -0.3 is 10.1 Å². The Kier molecular flexibility index (Phi) is 4.74. The van der Waals surface area contributed by atoms with Crippen molar-refractivity contribution < 1.29 is 4.74 Å². The van der Waals surface area contributed by atoms with Crippen molar-refractivity contribution in [2.45, 2.75) is 46.2 Å². The van der Waals surface area contributed by atoms with Crippen molar-refractivity contribution in [1.82, 2.24) is 10.3 Å². The van der Waals surface area contributed by atoms with Crippen LogP contribution in [0.5, 0.6) is 5.75 Å².